The van der Waals surface area contributed by atoms with Crippen molar-refractivity contribution < 1.29 is 17.9 Å². The van der Waals surface area contributed by atoms with Crippen LogP contribution in [0.5, 0.6) is 5.75 Å². The molecule has 180 valence electrons. The summed E-state index contributed by atoms with van der Waals surface area (Å²) in [7, 11) is -2.42. The van der Waals surface area contributed by atoms with Gasteiger partial charge in [-0.2, -0.15) is 10.1 Å². The number of methoxy groups -OCH3 is 1. The molecule has 0 aromatic heterocycles. The minimum atomic E-state index is -3.85. The normalized spacial score (nSPS) is 16.0. The summed E-state index contributed by atoms with van der Waals surface area (Å²) >= 11 is 5.93. The lowest BCUT2D eigenvalue weighted by Gasteiger charge is -2.13. The summed E-state index contributed by atoms with van der Waals surface area (Å²) in [6, 6.07) is 18.3. The number of benzene rings is 3. The molecule has 0 aliphatic carbocycles. The first-order chi connectivity index (χ1) is 16.7. The average Bonchev–Trinajstić information content (AvgIpc) is 3.12. The maximum atomic E-state index is 12.9. The van der Waals surface area contributed by atoms with Crippen molar-refractivity contribution in [2.75, 3.05) is 16.8 Å². The highest BCUT2D eigenvalue weighted by atomic mass is 35.5. The zero-order valence-electron chi connectivity index (χ0n) is 19.3. The molecule has 0 saturated carbocycles. The van der Waals surface area contributed by atoms with Crippen molar-refractivity contribution in [1.82, 2.24) is 0 Å². The number of hydrogen-bond acceptors (Lipinski definition) is 6. The Morgan fingerprint density at radius 2 is 1.80 bits per heavy atom. The number of nitrogens with one attached hydrogen (secondary N) is 1. The molecule has 1 unspecified atom stereocenters. The molecular weight excluding hydrogens is 488 g/mol. The van der Waals surface area contributed by atoms with Crippen molar-refractivity contribution in [3.8, 4) is 5.75 Å². The number of hydrogen-bond donors (Lipinski definition) is 1. The number of aryl methyl sites for hydroxylation is 1. The zero-order chi connectivity index (χ0) is 25.2. The van der Waals surface area contributed by atoms with E-state index in [0.29, 0.717) is 27.8 Å². The van der Waals surface area contributed by atoms with Gasteiger partial charge in [0.15, 0.2) is 0 Å². The van der Waals surface area contributed by atoms with Crippen LogP contribution in [0.2, 0.25) is 5.02 Å². The number of sulfonamides is 1. The van der Waals surface area contributed by atoms with E-state index in [1.807, 2.05) is 19.1 Å². The Hall–Kier alpha value is -3.69. The van der Waals surface area contributed by atoms with Crippen LogP contribution in [0.3, 0.4) is 0 Å². The summed E-state index contributed by atoms with van der Waals surface area (Å²) in [6.07, 6.45) is 1.48. The summed E-state index contributed by atoms with van der Waals surface area (Å²) in [5.74, 6) is -0.667. The van der Waals surface area contributed by atoms with Gasteiger partial charge in [0.1, 0.15) is 17.4 Å². The van der Waals surface area contributed by atoms with Gasteiger partial charge in [-0.15, -0.1) is 0 Å². The maximum Gasteiger partial charge on any atom is 0.262 e. The van der Waals surface area contributed by atoms with Crippen LogP contribution in [-0.4, -0.2) is 33.4 Å². The summed E-state index contributed by atoms with van der Waals surface area (Å²) < 4.78 is 33.8. The summed E-state index contributed by atoms with van der Waals surface area (Å²) in [4.78, 5) is 17.4. The molecule has 3 aromatic carbocycles. The number of carbonyl (C=O) groups is 1. The number of para-hydroxylation sites is 1. The Labute approximate surface area is 209 Å². The zero-order valence-corrected chi connectivity index (χ0v) is 20.8. The number of hydrazone groups is 1. The lowest BCUT2D eigenvalue weighted by atomic mass is 10.1. The molecule has 0 radical (unpaired) electrons. The van der Waals surface area contributed by atoms with E-state index >= 15 is 0 Å². The van der Waals surface area contributed by atoms with Crippen LogP contribution < -0.4 is 14.5 Å². The highest BCUT2D eigenvalue weighted by Gasteiger charge is 2.33. The van der Waals surface area contributed by atoms with Gasteiger partial charge < -0.3 is 4.74 Å². The third kappa shape index (κ3) is 5.21. The minimum Gasteiger partial charge on any atom is -0.494 e. The van der Waals surface area contributed by atoms with Gasteiger partial charge in [0.2, 0.25) is 0 Å². The second kappa shape index (κ2) is 9.89. The number of amides is 1. The smallest absolute Gasteiger partial charge is 0.262 e. The molecule has 0 spiro atoms. The predicted octanol–water partition coefficient (Wildman–Crippen LogP) is 5.20. The fraction of sp³-hybridized carbons (Fsp3) is 0.160. The van der Waals surface area contributed by atoms with Crippen LogP contribution in [0.15, 0.2) is 81.7 Å². The fourth-order valence-electron chi connectivity index (χ4n) is 3.50. The van der Waals surface area contributed by atoms with E-state index in [-0.39, 0.29) is 16.6 Å². The Kier molecular flexibility index (Phi) is 6.90. The number of carbonyl (C=O) groups excluding carboxylic acids is 1. The number of anilines is 2. The van der Waals surface area contributed by atoms with Gasteiger partial charge in [-0.05, 0) is 61.9 Å². The fourth-order valence-corrected chi connectivity index (χ4v) is 4.77. The second-order valence-electron chi connectivity index (χ2n) is 7.88. The van der Waals surface area contributed by atoms with Crippen LogP contribution in [0.25, 0.3) is 0 Å². The maximum absolute atomic E-state index is 12.9. The number of rotatable bonds is 7. The Morgan fingerprint density at radius 3 is 2.49 bits per heavy atom. The van der Waals surface area contributed by atoms with Crippen molar-refractivity contribution in [2.24, 2.45) is 16.0 Å². The highest BCUT2D eigenvalue weighted by molar-refractivity contribution is 7.92. The number of aliphatic imine (C=N–C) groups is 1. The molecule has 8 nitrogen and oxygen atoms in total. The lowest BCUT2D eigenvalue weighted by Crippen LogP contribution is -2.27. The van der Waals surface area contributed by atoms with Crippen LogP contribution >= 0.6 is 11.6 Å². The van der Waals surface area contributed by atoms with Gasteiger partial charge in [-0.3, -0.25) is 14.5 Å². The average molecular weight is 511 g/mol. The summed E-state index contributed by atoms with van der Waals surface area (Å²) in [6.45, 7) is 3.56. The predicted molar refractivity (Wildman–Crippen MR) is 139 cm³/mol. The van der Waals surface area contributed by atoms with E-state index in [4.69, 9.17) is 16.3 Å². The number of nitrogens with zero attached hydrogens (tertiary/aromatic N) is 3. The van der Waals surface area contributed by atoms with E-state index in [0.717, 1.165) is 5.56 Å². The second-order valence-corrected chi connectivity index (χ2v) is 10.00. The Balaban J connectivity index is 1.55. The molecule has 1 N–H and O–H groups in total. The Morgan fingerprint density at radius 1 is 1.09 bits per heavy atom. The van der Waals surface area contributed by atoms with Gasteiger partial charge in [0.25, 0.3) is 15.9 Å². The van der Waals surface area contributed by atoms with Crippen molar-refractivity contribution in [3.63, 3.8) is 0 Å². The lowest BCUT2D eigenvalue weighted by molar-refractivity contribution is -0.118. The molecule has 1 aliphatic heterocycles. The van der Waals surface area contributed by atoms with Crippen molar-refractivity contribution in [1.29, 1.82) is 0 Å². The standard InChI is InChI=1S/C25H23ClN4O4S/c1-16-6-4-5-7-22(16)29-35(32,33)20-12-13-23(24(14-20)34-3)27-15-21-17(2)28-30(25(21)31)19-10-8-18(26)9-11-19/h4-15,21,29H,1-3H3. The van der Waals surface area contributed by atoms with Crippen LogP contribution in [-0.2, 0) is 14.8 Å². The van der Waals surface area contributed by atoms with E-state index < -0.39 is 15.9 Å². The molecule has 3 aromatic rings. The third-order valence-electron chi connectivity index (χ3n) is 5.47. The highest BCUT2D eigenvalue weighted by Crippen LogP contribution is 2.32. The molecular formula is C25H23ClN4O4S. The minimum absolute atomic E-state index is 0.0279. The van der Waals surface area contributed by atoms with E-state index in [2.05, 4.69) is 14.8 Å². The quantitative estimate of drug-likeness (QED) is 0.441. The monoisotopic (exact) mass is 510 g/mol. The topological polar surface area (TPSA) is 100 Å². The van der Waals surface area contributed by atoms with Crippen LogP contribution in [0.1, 0.15) is 12.5 Å². The molecule has 1 aliphatic rings. The first-order valence-electron chi connectivity index (χ1n) is 10.6. The molecule has 1 atom stereocenters. The van der Waals surface area contributed by atoms with Gasteiger partial charge in [0, 0.05) is 17.3 Å². The van der Waals surface area contributed by atoms with E-state index in [9.17, 15) is 13.2 Å². The summed E-state index contributed by atoms with van der Waals surface area (Å²) in [5, 5.41) is 6.22. The van der Waals surface area contributed by atoms with E-state index in [1.165, 1.54) is 36.5 Å². The van der Waals surface area contributed by atoms with Crippen molar-refractivity contribution in [2.45, 2.75) is 18.7 Å². The number of ether oxygens (including phenoxy) is 1. The van der Waals surface area contributed by atoms with Crippen molar-refractivity contribution >= 4 is 56.5 Å². The molecule has 0 bridgehead atoms. The first-order valence-corrected chi connectivity index (χ1v) is 12.5. The summed E-state index contributed by atoms with van der Waals surface area (Å²) in [5.41, 5.74) is 2.86. The van der Waals surface area contributed by atoms with Gasteiger partial charge in [-0.25, -0.2) is 8.42 Å². The van der Waals surface area contributed by atoms with Crippen LogP contribution in [0.4, 0.5) is 17.1 Å². The molecule has 1 heterocycles. The third-order valence-corrected chi connectivity index (χ3v) is 7.08. The first kappa shape index (κ1) is 24.4. The Bertz CT molecular complexity index is 1440. The molecule has 0 fully saturated rings. The van der Waals surface area contributed by atoms with E-state index in [1.54, 1.807) is 43.3 Å². The molecule has 1 amide bonds. The van der Waals surface area contributed by atoms with Crippen LogP contribution in [0, 0.1) is 12.8 Å². The van der Waals surface area contributed by atoms with Gasteiger partial charge in [-0.1, -0.05) is 29.8 Å². The van der Waals surface area contributed by atoms with Gasteiger partial charge in [0.05, 0.1) is 29.1 Å². The number of halogens is 1. The molecule has 10 heteroatoms. The molecule has 35 heavy (non-hydrogen) atoms. The van der Waals surface area contributed by atoms with Crippen molar-refractivity contribution in [3.05, 3.63) is 77.3 Å². The SMILES string of the molecule is COc1cc(S(=O)(=O)Nc2ccccc2C)ccc1N=CC1C(=O)N(c2ccc(Cl)cc2)N=C1C. The molecule has 0 saturated heterocycles. The largest absolute Gasteiger partial charge is 0.494 e. The molecule has 4 rings (SSSR count). The van der Waals surface area contributed by atoms with Gasteiger partial charge >= 0.3 is 0 Å².